The molecule has 1 aromatic carbocycles. The van der Waals surface area contributed by atoms with Crippen LogP contribution in [-0.2, 0) is 25.8 Å². The first-order valence-electron chi connectivity index (χ1n) is 12.7. The molecule has 0 aliphatic heterocycles. The van der Waals surface area contributed by atoms with Crippen LogP contribution in [0.2, 0.25) is 0 Å². The predicted octanol–water partition coefficient (Wildman–Crippen LogP) is 8.15. The van der Waals surface area contributed by atoms with Gasteiger partial charge in [-0.3, -0.25) is 0 Å². The number of benzene rings is 1. The quantitative estimate of drug-likeness (QED) is 0.113. The van der Waals surface area contributed by atoms with Gasteiger partial charge in [-0.25, -0.2) is 4.89 Å². The zero-order chi connectivity index (χ0) is 22.8. The van der Waals surface area contributed by atoms with Crippen LogP contribution >= 0.6 is 0 Å². The molecule has 0 heterocycles. The number of rotatable bonds is 20. The van der Waals surface area contributed by atoms with Gasteiger partial charge >= 0.3 is 10.1 Å². The van der Waals surface area contributed by atoms with Crippen molar-refractivity contribution in [2.24, 2.45) is 0 Å². The molecule has 0 saturated heterocycles. The summed E-state index contributed by atoms with van der Waals surface area (Å²) in [7, 11) is -3.88. The molecular formula is C26H46O4S. The summed E-state index contributed by atoms with van der Waals surface area (Å²) in [6, 6.07) is 6.90. The summed E-state index contributed by atoms with van der Waals surface area (Å²) in [5, 5.41) is 0. The maximum absolute atomic E-state index is 12.4. The Hall–Kier alpha value is -0.910. The second-order valence-electron chi connectivity index (χ2n) is 8.78. The fourth-order valence-corrected chi connectivity index (χ4v) is 4.96. The first-order chi connectivity index (χ1) is 15.0. The summed E-state index contributed by atoms with van der Waals surface area (Å²) in [5.74, 6) is 0. The highest BCUT2D eigenvalue weighted by Crippen LogP contribution is 2.20. The molecule has 0 aliphatic rings. The smallest absolute Gasteiger partial charge is 0.217 e. The van der Waals surface area contributed by atoms with Gasteiger partial charge in [0.2, 0.25) is 0 Å². The van der Waals surface area contributed by atoms with Crippen molar-refractivity contribution >= 4 is 10.1 Å². The fraction of sp³-hybridized carbons (Fsp3) is 0.769. The van der Waals surface area contributed by atoms with Crippen LogP contribution in [0.15, 0.2) is 29.2 Å². The van der Waals surface area contributed by atoms with E-state index in [4.69, 9.17) is 9.22 Å². The minimum Gasteiger partial charge on any atom is -0.217 e. The van der Waals surface area contributed by atoms with Gasteiger partial charge in [-0.1, -0.05) is 122 Å². The SMILES string of the molecule is CCCCCCCCCCCCCCCCC(C)OOS(=O)(=O)c1ccccc1CC. The minimum atomic E-state index is -3.88. The van der Waals surface area contributed by atoms with E-state index in [1.807, 2.05) is 19.9 Å². The average molecular weight is 455 g/mol. The average Bonchev–Trinajstić information content (AvgIpc) is 2.78. The third-order valence-corrected chi connectivity index (χ3v) is 7.07. The lowest BCUT2D eigenvalue weighted by atomic mass is 10.0. The molecule has 180 valence electrons. The van der Waals surface area contributed by atoms with E-state index in [-0.39, 0.29) is 11.0 Å². The lowest BCUT2D eigenvalue weighted by Gasteiger charge is -2.13. The van der Waals surface area contributed by atoms with Crippen LogP contribution in [0, 0.1) is 0 Å². The molecule has 1 unspecified atom stereocenters. The van der Waals surface area contributed by atoms with E-state index in [1.54, 1.807) is 18.2 Å². The molecule has 0 fully saturated rings. The van der Waals surface area contributed by atoms with Crippen LogP contribution in [0.25, 0.3) is 0 Å². The molecule has 0 spiro atoms. The van der Waals surface area contributed by atoms with Crippen LogP contribution in [0.5, 0.6) is 0 Å². The molecule has 0 saturated carbocycles. The largest absolute Gasteiger partial charge is 0.323 e. The monoisotopic (exact) mass is 454 g/mol. The Morgan fingerprint density at radius 3 is 1.74 bits per heavy atom. The van der Waals surface area contributed by atoms with Gasteiger partial charge in [-0.2, -0.15) is 8.42 Å². The number of hydrogen-bond donors (Lipinski definition) is 0. The Morgan fingerprint density at radius 1 is 0.742 bits per heavy atom. The number of unbranched alkanes of at least 4 members (excludes halogenated alkanes) is 13. The van der Waals surface area contributed by atoms with E-state index in [9.17, 15) is 8.42 Å². The van der Waals surface area contributed by atoms with Crippen molar-refractivity contribution in [1.82, 2.24) is 0 Å². The van der Waals surface area contributed by atoms with Crippen molar-refractivity contribution in [1.29, 1.82) is 0 Å². The van der Waals surface area contributed by atoms with Crippen molar-refractivity contribution in [2.75, 3.05) is 0 Å². The molecule has 31 heavy (non-hydrogen) atoms. The van der Waals surface area contributed by atoms with Crippen molar-refractivity contribution in [3.8, 4) is 0 Å². The van der Waals surface area contributed by atoms with Crippen LogP contribution in [0.1, 0.15) is 123 Å². The molecule has 0 aliphatic carbocycles. The first-order valence-corrected chi connectivity index (χ1v) is 14.1. The van der Waals surface area contributed by atoms with Gasteiger partial charge in [0.05, 0.1) is 11.0 Å². The van der Waals surface area contributed by atoms with Crippen LogP contribution in [-0.4, -0.2) is 14.5 Å². The van der Waals surface area contributed by atoms with Crippen LogP contribution in [0.4, 0.5) is 0 Å². The Morgan fingerprint density at radius 2 is 1.23 bits per heavy atom. The van der Waals surface area contributed by atoms with Gasteiger partial charge in [-0.15, -0.1) is 4.33 Å². The molecule has 1 atom stereocenters. The second kappa shape index (κ2) is 17.6. The topological polar surface area (TPSA) is 52.6 Å². The molecule has 0 amide bonds. The van der Waals surface area contributed by atoms with Crippen LogP contribution < -0.4 is 0 Å². The predicted molar refractivity (Wildman–Crippen MR) is 130 cm³/mol. The Balaban J connectivity index is 2.01. The standard InChI is InChI=1S/C26H46O4S/c1-4-6-7-8-9-10-11-12-13-14-15-16-17-18-21-24(3)29-30-31(27,28)26-23-20-19-22-25(26)5-2/h19-20,22-24H,4-18,21H2,1-3H3. The molecule has 4 nitrogen and oxygen atoms in total. The van der Waals surface area contributed by atoms with Crippen molar-refractivity contribution in [3.63, 3.8) is 0 Å². The maximum Gasteiger partial charge on any atom is 0.323 e. The molecular weight excluding hydrogens is 408 g/mol. The van der Waals surface area contributed by atoms with E-state index in [0.717, 1.165) is 24.8 Å². The lowest BCUT2D eigenvalue weighted by Crippen LogP contribution is -2.15. The number of hydrogen-bond acceptors (Lipinski definition) is 4. The first kappa shape index (κ1) is 28.1. The highest BCUT2D eigenvalue weighted by molar-refractivity contribution is 7.86. The zero-order valence-electron chi connectivity index (χ0n) is 20.2. The van der Waals surface area contributed by atoms with E-state index in [2.05, 4.69) is 6.92 Å². The van der Waals surface area contributed by atoms with Gasteiger partial charge < -0.3 is 0 Å². The summed E-state index contributed by atoms with van der Waals surface area (Å²) in [4.78, 5) is 5.38. The summed E-state index contributed by atoms with van der Waals surface area (Å²) in [5.41, 5.74) is 0.741. The van der Waals surface area contributed by atoms with Gasteiger partial charge in [0, 0.05) is 0 Å². The van der Waals surface area contributed by atoms with E-state index in [0.29, 0.717) is 6.42 Å². The van der Waals surface area contributed by atoms with Crippen molar-refractivity contribution < 1.29 is 17.6 Å². The van der Waals surface area contributed by atoms with Gasteiger partial charge in [0.25, 0.3) is 0 Å². The highest BCUT2D eigenvalue weighted by Gasteiger charge is 2.21. The van der Waals surface area contributed by atoms with Crippen molar-refractivity contribution in [2.45, 2.75) is 135 Å². The molecule has 0 aromatic heterocycles. The Labute approximate surface area is 192 Å². The second-order valence-corrected chi connectivity index (χ2v) is 10.3. The normalized spacial score (nSPS) is 12.9. The highest BCUT2D eigenvalue weighted by atomic mass is 32.2. The molecule has 1 aromatic rings. The molecule has 0 radical (unpaired) electrons. The third kappa shape index (κ3) is 13.3. The van der Waals surface area contributed by atoms with Gasteiger partial charge in [0.15, 0.2) is 0 Å². The molecule has 0 bridgehead atoms. The van der Waals surface area contributed by atoms with E-state index >= 15 is 0 Å². The summed E-state index contributed by atoms with van der Waals surface area (Å²) in [6.45, 7) is 6.06. The fourth-order valence-electron chi connectivity index (χ4n) is 3.87. The van der Waals surface area contributed by atoms with E-state index in [1.165, 1.54) is 77.0 Å². The van der Waals surface area contributed by atoms with Crippen LogP contribution in [0.3, 0.4) is 0 Å². The summed E-state index contributed by atoms with van der Waals surface area (Å²) >= 11 is 0. The number of aryl methyl sites for hydroxylation is 1. The molecule has 1 rings (SSSR count). The summed E-state index contributed by atoms with van der Waals surface area (Å²) < 4.78 is 29.6. The summed E-state index contributed by atoms with van der Waals surface area (Å²) in [6.07, 6.45) is 19.8. The zero-order valence-corrected chi connectivity index (χ0v) is 21.1. The van der Waals surface area contributed by atoms with Gasteiger partial charge in [-0.05, 0) is 31.4 Å². The Kier molecular flexibility index (Phi) is 16.0. The Bertz CT molecular complexity index is 657. The maximum atomic E-state index is 12.4. The third-order valence-electron chi connectivity index (χ3n) is 5.88. The lowest BCUT2D eigenvalue weighted by molar-refractivity contribution is -0.236. The molecule has 5 heteroatoms. The van der Waals surface area contributed by atoms with Gasteiger partial charge in [0.1, 0.15) is 0 Å². The van der Waals surface area contributed by atoms with E-state index < -0.39 is 10.1 Å². The molecule has 0 N–H and O–H groups in total. The minimum absolute atomic E-state index is 0.196. The van der Waals surface area contributed by atoms with Crippen molar-refractivity contribution in [3.05, 3.63) is 29.8 Å².